The topological polar surface area (TPSA) is 41.3 Å². The minimum atomic E-state index is -0.350. The minimum Gasteiger partial charge on any atom is -0.459 e. The molecule has 1 aliphatic heterocycles. The maximum absolute atomic E-state index is 14.5. The van der Waals surface area contributed by atoms with Gasteiger partial charge >= 0.3 is 0 Å². The van der Waals surface area contributed by atoms with E-state index in [0.717, 1.165) is 11.4 Å². The highest BCUT2D eigenvalue weighted by Gasteiger charge is 2.42. The first-order valence-electron chi connectivity index (χ1n) is 9.72. The third-order valence-electron chi connectivity index (χ3n) is 5.25. The summed E-state index contributed by atoms with van der Waals surface area (Å²) in [6.07, 6.45) is 1.76. The highest BCUT2D eigenvalue weighted by Crippen LogP contribution is 2.43. The SMILES string of the molecule is Fc1cc(Br)ccc1-c1ccc([C@@H]2[C@@H](c3ccccn3)NC(=S)N2c2ccccc2)o1. The molecule has 4 nitrogen and oxygen atoms in total. The average molecular weight is 494 g/mol. The number of benzene rings is 2. The first kappa shape index (κ1) is 19.9. The van der Waals surface area contributed by atoms with Crippen molar-refractivity contribution < 1.29 is 8.81 Å². The summed E-state index contributed by atoms with van der Waals surface area (Å²) in [4.78, 5) is 6.56. The van der Waals surface area contributed by atoms with Crippen LogP contribution in [0.4, 0.5) is 10.1 Å². The Labute approximate surface area is 192 Å². The van der Waals surface area contributed by atoms with Gasteiger partial charge in [0.15, 0.2) is 5.11 Å². The van der Waals surface area contributed by atoms with E-state index in [4.69, 9.17) is 16.6 Å². The number of nitrogens with one attached hydrogen (secondary N) is 1. The maximum atomic E-state index is 14.5. The van der Waals surface area contributed by atoms with Crippen molar-refractivity contribution in [2.45, 2.75) is 12.1 Å². The molecular weight excluding hydrogens is 477 g/mol. The van der Waals surface area contributed by atoms with Gasteiger partial charge in [0.05, 0.1) is 17.3 Å². The first-order chi connectivity index (χ1) is 15.1. The van der Waals surface area contributed by atoms with Crippen LogP contribution in [0.3, 0.4) is 0 Å². The lowest BCUT2D eigenvalue weighted by Crippen LogP contribution is -2.29. The minimum absolute atomic E-state index is 0.220. The van der Waals surface area contributed by atoms with Crippen LogP contribution in [0.1, 0.15) is 23.5 Å². The number of halogens is 2. The van der Waals surface area contributed by atoms with Gasteiger partial charge in [-0.25, -0.2) is 4.39 Å². The molecule has 3 heterocycles. The predicted octanol–water partition coefficient (Wildman–Crippen LogP) is 6.42. The molecular formula is C24H17BrFN3OS. The van der Waals surface area contributed by atoms with Crippen molar-refractivity contribution in [2.24, 2.45) is 0 Å². The van der Waals surface area contributed by atoms with Crippen molar-refractivity contribution in [1.82, 2.24) is 10.3 Å². The number of pyridine rings is 1. The zero-order valence-corrected chi connectivity index (χ0v) is 18.6. The molecule has 7 heteroatoms. The molecule has 0 saturated carbocycles. The van der Waals surface area contributed by atoms with Gasteiger partial charge in [0.2, 0.25) is 0 Å². The number of furan rings is 1. The van der Waals surface area contributed by atoms with Crippen LogP contribution < -0.4 is 10.2 Å². The molecule has 5 rings (SSSR count). The van der Waals surface area contributed by atoms with Crippen molar-refractivity contribution in [1.29, 1.82) is 0 Å². The summed E-state index contributed by atoms with van der Waals surface area (Å²) in [6, 6.07) is 23.8. The lowest BCUT2D eigenvalue weighted by atomic mass is 10.0. The van der Waals surface area contributed by atoms with Gasteiger partial charge in [0, 0.05) is 16.4 Å². The van der Waals surface area contributed by atoms with Gasteiger partial charge in [-0.2, -0.15) is 0 Å². The third-order valence-corrected chi connectivity index (χ3v) is 6.06. The monoisotopic (exact) mass is 493 g/mol. The molecule has 31 heavy (non-hydrogen) atoms. The molecule has 154 valence electrons. The summed E-state index contributed by atoms with van der Waals surface area (Å²) in [5, 5.41) is 3.97. The fraction of sp³-hybridized carbons (Fsp3) is 0.0833. The maximum Gasteiger partial charge on any atom is 0.174 e. The second-order valence-corrected chi connectivity index (χ2v) is 8.46. The number of anilines is 1. The number of para-hydroxylation sites is 1. The largest absolute Gasteiger partial charge is 0.459 e. The molecule has 1 aliphatic rings. The summed E-state index contributed by atoms with van der Waals surface area (Å²) < 4.78 is 21.4. The summed E-state index contributed by atoms with van der Waals surface area (Å²) >= 11 is 8.99. The molecule has 0 bridgehead atoms. The Morgan fingerprint density at radius 3 is 2.55 bits per heavy atom. The van der Waals surface area contributed by atoms with Gasteiger partial charge in [0.1, 0.15) is 23.4 Å². The average Bonchev–Trinajstić information content (AvgIpc) is 3.39. The van der Waals surface area contributed by atoms with Crippen LogP contribution in [0.5, 0.6) is 0 Å². The zero-order valence-electron chi connectivity index (χ0n) is 16.2. The van der Waals surface area contributed by atoms with Crippen molar-refractivity contribution in [3.63, 3.8) is 0 Å². The Kier molecular flexibility index (Phi) is 5.29. The van der Waals surface area contributed by atoms with E-state index in [-0.39, 0.29) is 17.9 Å². The van der Waals surface area contributed by atoms with Crippen molar-refractivity contribution in [3.05, 3.63) is 107 Å². The van der Waals surface area contributed by atoms with Crippen LogP contribution in [-0.2, 0) is 0 Å². The number of aromatic nitrogens is 1. The van der Waals surface area contributed by atoms with Gasteiger partial charge in [-0.1, -0.05) is 40.2 Å². The molecule has 1 saturated heterocycles. The van der Waals surface area contributed by atoms with Crippen LogP contribution in [0.2, 0.25) is 0 Å². The highest BCUT2D eigenvalue weighted by atomic mass is 79.9. The molecule has 2 atom stereocenters. The van der Waals surface area contributed by atoms with E-state index < -0.39 is 0 Å². The van der Waals surface area contributed by atoms with Crippen LogP contribution in [-0.4, -0.2) is 10.1 Å². The van der Waals surface area contributed by atoms with Crippen LogP contribution in [0.15, 0.2) is 93.9 Å². The number of nitrogens with zero attached hydrogens (tertiary/aromatic N) is 2. The first-order valence-corrected chi connectivity index (χ1v) is 10.9. The summed E-state index contributed by atoms with van der Waals surface area (Å²) in [6.45, 7) is 0. The Morgan fingerprint density at radius 1 is 1.00 bits per heavy atom. The Balaban J connectivity index is 1.60. The molecule has 2 aromatic heterocycles. The summed E-state index contributed by atoms with van der Waals surface area (Å²) in [5.74, 6) is 0.784. The molecule has 2 aromatic carbocycles. The van der Waals surface area contributed by atoms with E-state index >= 15 is 0 Å². The predicted molar refractivity (Wildman–Crippen MR) is 126 cm³/mol. The zero-order chi connectivity index (χ0) is 21.4. The molecule has 1 N–H and O–H groups in total. The normalized spacial score (nSPS) is 18.3. The number of hydrogen-bond donors (Lipinski definition) is 1. The summed E-state index contributed by atoms with van der Waals surface area (Å²) in [5.41, 5.74) is 2.20. The second kappa shape index (κ2) is 8.24. The molecule has 0 radical (unpaired) electrons. The van der Waals surface area contributed by atoms with Crippen LogP contribution in [0, 0.1) is 5.82 Å². The molecule has 1 fully saturated rings. The van der Waals surface area contributed by atoms with Crippen LogP contribution >= 0.6 is 28.1 Å². The second-order valence-electron chi connectivity index (χ2n) is 7.16. The van der Waals surface area contributed by atoms with E-state index in [1.54, 1.807) is 24.4 Å². The Hall–Kier alpha value is -3.03. The van der Waals surface area contributed by atoms with Crippen molar-refractivity contribution in [3.8, 4) is 11.3 Å². The van der Waals surface area contributed by atoms with E-state index in [1.165, 1.54) is 6.07 Å². The van der Waals surface area contributed by atoms with E-state index in [0.29, 0.717) is 26.7 Å². The number of thiocarbonyl (C=S) groups is 1. The lowest BCUT2D eigenvalue weighted by molar-refractivity contribution is 0.438. The van der Waals surface area contributed by atoms with Crippen molar-refractivity contribution >= 4 is 38.9 Å². The Morgan fingerprint density at radius 2 is 1.81 bits per heavy atom. The number of rotatable bonds is 4. The lowest BCUT2D eigenvalue weighted by Gasteiger charge is -2.26. The molecule has 0 spiro atoms. The van der Waals surface area contributed by atoms with Crippen LogP contribution in [0.25, 0.3) is 11.3 Å². The van der Waals surface area contributed by atoms with Gasteiger partial charge in [0.25, 0.3) is 0 Å². The molecule has 0 amide bonds. The quantitative estimate of drug-likeness (QED) is 0.332. The van der Waals surface area contributed by atoms with E-state index in [1.807, 2.05) is 59.5 Å². The smallest absolute Gasteiger partial charge is 0.174 e. The molecule has 0 aliphatic carbocycles. The van der Waals surface area contributed by atoms with Gasteiger partial charge < -0.3 is 14.6 Å². The fourth-order valence-corrected chi connectivity index (χ4v) is 4.54. The van der Waals surface area contributed by atoms with Gasteiger partial charge in [-0.3, -0.25) is 4.98 Å². The molecule has 4 aromatic rings. The van der Waals surface area contributed by atoms with E-state index in [9.17, 15) is 4.39 Å². The third kappa shape index (κ3) is 3.75. The van der Waals surface area contributed by atoms with Gasteiger partial charge in [-0.05, 0) is 66.8 Å². The van der Waals surface area contributed by atoms with Gasteiger partial charge in [-0.15, -0.1) is 0 Å². The fourth-order valence-electron chi connectivity index (χ4n) is 3.86. The number of hydrogen-bond acceptors (Lipinski definition) is 3. The molecule has 0 unspecified atom stereocenters. The van der Waals surface area contributed by atoms with E-state index in [2.05, 4.69) is 26.2 Å². The Bertz CT molecular complexity index is 1230. The highest BCUT2D eigenvalue weighted by molar-refractivity contribution is 9.10. The standard InChI is InChI=1S/C24H17BrFN3OS/c25-15-9-10-17(18(26)14-15)20-11-12-21(30-20)23-22(19-8-4-5-13-27-19)28-24(31)29(23)16-6-2-1-3-7-16/h1-14,22-23H,(H,28,31)/t22-,23-/m1/s1. The summed E-state index contributed by atoms with van der Waals surface area (Å²) in [7, 11) is 0. The van der Waals surface area contributed by atoms with Crippen molar-refractivity contribution in [2.75, 3.05) is 4.90 Å².